The van der Waals surface area contributed by atoms with E-state index in [0.29, 0.717) is 5.70 Å². The van der Waals surface area contributed by atoms with Crippen LogP contribution in [-0.4, -0.2) is 20.7 Å². The highest BCUT2D eigenvalue weighted by Gasteiger charge is 2.16. The third-order valence-electron chi connectivity index (χ3n) is 10.0. The molecule has 4 heterocycles. The largest absolute Gasteiger partial charge is 0.323 e. The van der Waals surface area contributed by atoms with E-state index < -0.39 is 0 Å². The Kier molecular flexibility index (Phi) is 13.0. The lowest BCUT2D eigenvalue weighted by Crippen LogP contribution is -2.08. The first-order valence-corrected chi connectivity index (χ1v) is 20.5. The second-order valence-corrected chi connectivity index (χ2v) is 13.6. The van der Waals surface area contributed by atoms with Gasteiger partial charge in [0.05, 0.1) is 28.1 Å². The molecule has 8 aromatic rings. The lowest BCUT2D eigenvalue weighted by molar-refractivity contribution is 1.18. The van der Waals surface area contributed by atoms with Crippen LogP contribution in [0.2, 0.25) is 0 Å². The fourth-order valence-electron chi connectivity index (χ4n) is 7.21. The molecule has 1 aliphatic heterocycles. The molecule has 5 nitrogen and oxygen atoms in total. The first kappa shape index (κ1) is 40.6. The van der Waals surface area contributed by atoms with Crippen molar-refractivity contribution in [3.05, 3.63) is 225 Å². The Bertz CT molecular complexity index is 2820. The number of para-hydroxylation sites is 2. The van der Waals surface area contributed by atoms with Crippen molar-refractivity contribution in [1.82, 2.24) is 14.5 Å². The fraction of sp³-hybridized carbons (Fsp3) is 0.0727. The number of rotatable bonds is 6. The molecule has 0 amide bonds. The SMILES string of the molecule is C=C1/C=C\C(c2ccc3c4ccccc4n(-c4cccc(-c5cc(-c6ccccn6)cc(-c6ccccn6)c5)c4)c3c2)=C/N(c2ccccc2)/C=C\C=NC1=C.CC.CC. The number of benzene rings is 5. The highest BCUT2D eigenvalue weighted by molar-refractivity contribution is 6.10. The van der Waals surface area contributed by atoms with Crippen molar-refractivity contribution < 1.29 is 0 Å². The molecule has 3 aromatic heterocycles. The second kappa shape index (κ2) is 19.2. The Hall–Kier alpha value is -7.63. The van der Waals surface area contributed by atoms with Gasteiger partial charge in [-0.25, -0.2) is 0 Å². The minimum absolute atomic E-state index is 0.617. The maximum absolute atomic E-state index is 4.69. The van der Waals surface area contributed by atoms with Gasteiger partial charge >= 0.3 is 0 Å². The zero-order valence-electron chi connectivity index (χ0n) is 34.7. The normalized spacial score (nSPS) is 14.5. The molecule has 0 saturated heterocycles. The monoisotopic (exact) mass is 779 g/mol. The number of allylic oxidation sites excluding steroid dienone is 4. The number of hydrogen-bond donors (Lipinski definition) is 0. The first-order chi connectivity index (χ1) is 29.6. The van der Waals surface area contributed by atoms with Gasteiger partial charge in [-0.15, -0.1) is 0 Å². The molecule has 0 aliphatic carbocycles. The van der Waals surface area contributed by atoms with Gasteiger partial charge < -0.3 is 9.47 Å². The van der Waals surface area contributed by atoms with Crippen LogP contribution in [0.5, 0.6) is 0 Å². The van der Waals surface area contributed by atoms with Crippen LogP contribution >= 0.6 is 0 Å². The van der Waals surface area contributed by atoms with Gasteiger partial charge in [0, 0.05) is 64.3 Å². The molecule has 294 valence electrons. The molecule has 60 heavy (non-hydrogen) atoms. The van der Waals surface area contributed by atoms with Crippen molar-refractivity contribution in [2.45, 2.75) is 27.7 Å². The van der Waals surface area contributed by atoms with Crippen molar-refractivity contribution in [3.8, 4) is 39.3 Å². The summed E-state index contributed by atoms with van der Waals surface area (Å²) in [6, 6.07) is 53.1. The van der Waals surface area contributed by atoms with E-state index in [9.17, 15) is 0 Å². The number of aliphatic imine (C=N–C) groups is 1. The van der Waals surface area contributed by atoms with Crippen LogP contribution < -0.4 is 4.90 Å². The molecule has 0 bridgehead atoms. The standard InChI is InChI=1S/C51H37N5.2C2H6/c1-36-22-23-40(35-55(29-13-28-52-37(36)2)44-15-4-3-5-16-44)39-24-25-47-46-18-6-7-21-50(46)56(51(47)34-39)45-17-12-14-38(33-45)41-30-42(48-19-8-10-26-53-48)32-43(31-41)49-20-9-11-27-54-49;2*1-2/h3-35H,1-2H2;2*1-2H3/b23-22-,29-13-,40-35+,52-28?;;. The van der Waals surface area contributed by atoms with Gasteiger partial charge in [-0.3, -0.25) is 15.0 Å². The highest BCUT2D eigenvalue weighted by atomic mass is 15.1. The highest BCUT2D eigenvalue weighted by Crippen LogP contribution is 2.37. The predicted molar refractivity (Wildman–Crippen MR) is 257 cm³/mol. The maximum atomic E-state index is 4.69. The van der Waals surface area contributed by atoms with Crippen LogP contribution in [0, 0.1) is 0 Å². The molecular formula is C55H49N5. The quantitative estimate of drug-likeness (QED) is 0.169. The van der Waals surface area contributed by atoms with Gasteiger partial charge in [0.25, 0.3) is 0 Å². The molecule has 5 heteroatoms. The van der Waals surface area contributed by atoms with Gasteiger partial charge in [0.15, 0.2) is 0 Å². The smallest absolute Gasteiger partial charge is 0.0702 e. The number of hydrogen-bond acceptors (Lipinski definition) is 4. The summed E-state index contributed by atoms with van der Waals surface area (Å²) in [5, 5.41) is 2.37. The number of pyridine rings is 2. The van der Waals surface area contributed by atoms with Gasteiger partial charge in [0.1, 0.15) is 0 Å². The summed E-state index contributed by atoms with van der Waals surface area (Å²) in [4.78, 5) is 16.0. The molecule has 0 radical (unpaired) electrons. The minimum Gasteiger partial charge on any atom is -0.323 e. The molecule has 0 unspecified atom stereocenters. The third kappa shape index (κ3) is 8.76. The summed E-state index contributed by atoms with van der Waals surface area (Å²) in [7, 11) is 0. The van der Waals surface area contributed by atoms with Crippen LogP contribution in [-0.2, 0) is 0 Å². The van der Waals surface area contributed by atoms with E-state index in [-0.39, 0.29) is 0 Å². The van der Waals surface area contributed by atoms with E-state index >= 15 is 0 Å². The van der Waals surface area contributed by atoms with Gasteiger partial charge in [0.2, 0.25) is 0 Å². The van der Waals surface area contributed by atoms with Crippen LogP contribution in [0.3, 0.4) is 0 Å². The number of fused-ring (bicyclic) bond motifs is 3. The molecule has 0 spiro atoms. The molecule has 0 atom stereocenters. The summed E-state index contributed by atoms with van der Waals surface area (Å²) in [6.45, 7) is 16.4. The zero-order chi connectivity index (χ0) is 41.8. The zero-order valence-corrected chi connectivity index (χ0v) is 34.7. The Morgan fingerprint density at radius 3 is 1.82 bits per heavy atom. The van der Waals surface area contributed by atoms with Crippen LogP contribution in [0.1, 0.15) is 33.3 Å². The van der Waals surface area contributed by atoms with Crippen molar-refractivity contribution in [1.29, 1.82) is 0 Å². The molecule has 1 aliphatic rings. The molecule has 0 fully saturated rings. The maximum Gasteiger partial charge on any atom is 0.0702 e. The Balaban J connectivity index is 0.00000132. The molecule has 0 N–H and O–H groups in total. The molecule has 0 saturated carbocycles. The lowest BCUT2D eigenvalue weighted by Gasteiger charge is -2.18. The topological polar surface area (TPSA) is 46.3 Å². The van der Waals surface area contributed by atoms with E-state index in [4.69, 9.17) is 9.97 Å². The molecule has 5 aromatic carbocycles. The van der Waals surface area contributed by atoms with Crippen molar-refractivity contribution in [3.63, 3.8) is 0 Å². The van der Waals surface area contributed by atoms with Crippen molar-refractivity contribution in [2.75, 3.05) is 4.90 Å². The van der Waals surface area contributed by atoms with Gasteiger partial charge in [-0.2, -0.15) is 0 Å². The number of nitrogens with zero attached hydrogens (tertiary/aromatic N) is 5. The average Bonchev–Trinajstić information content (AvgIpc) is 3.65. The Labute approximate surface area is 354 Å². The lowest BCUT2D eigenvalue weighted by atomic mass is 9.96. The van der Waals surface area contributed by atoms with E-state index in [2.05, 4.69) is 137 Å². The summed E-state index contributed by atoms with van der Waals surface area (Å²) < 4.78 is 2.37. The van der Waals surface area contributed by atoms with E-state index in [0.717, 1.165) is 72.8 Å². The predicted octanol–water partition coefficient (Wildman–Crippen LogP) is 14.7. The van der Waals surface area contributed by atoms with Crippen LogP contribution in [0.25, 0.3) is 66.7 Å². The first-order valence-electron chi connectivity index (χ1n) is 20.5. The van der Waals surface area contributed by atoms with E-state index in [1.165, 1.54) is 10.8 Å². The van der Waals surface area contributed by atoms with Gasteiger partial charge in [-0.1, -0.05) is 126 Å². The van der Waals surface area contributed by atoms with Crippen molar-refractivity contribution >= 4 is 39.3 Å². The van der Waals surface area contributed by atoms with Crippen molar-refractivity contribution in [2.24, 2.45) is 4.99 Å². The van der Waals surface area contributed by atoms with Gasteiger partial charge in [-0.05, 0) is 113 Å². The second-order valence-electron chi connectivity index (χ2n) is 13.6. The Morgan fingerprint density at radius 1 is 0.483 bits per heavy atom. The fourth-order valence-corrected chi connectivity index (χ4v) is 7.21. The van der Waals surface area contributed by atoms with Crippen LogP contribution in [0.4, 0.5) is 5.69 Å². The number of anilines is 1. The third-order valence-corrected chi connectivity index (χ3v) is 10.0. The summed E-state index contributed by atoms with van der Waals surface area (Å²) in [5.74, 6) is 0. The molecular weight excluding hydrogens is 731 g/mol. The number of aromatic nitrogens is 3. The minimum atomic E-state index is 0.617. The summed E-state index contributed by atoms with van der Waals surface area (Å²) >= 11 is 0. The Morgan fingerprint density at radius 2 is 1.12 bits per heavy atom. The van der Waals surface area contributed by atoms with E-state index in [1.807, 2.05) is 113 Å². The summed E-state index contributed by atoms with van der Waals surface area (Å²) in [5.41, 5.74) is 13.9. The van der Waals surface area contributed by atoms with Crippen LogP contribution in [0.15, 0.2) is 224 Å². The average molecular weight is 780 g/mol. The summed E-state index contributed by atoms with van der Waals surface area (Å²) in [6.07, 6.45) is 15.6. The van der Waals surface area contributed by atoms with E-state index in [1.54, 1.807) is 6.21 Å². The molecule has 9 rings (SSSR count).